The molecule has 1 aliphatic carbocycles. The fourth-order valence-corrected chi connectivity index (χ4v) is 5.15. The molecular formula is C23H23BrFN7O2. The highest BCUT2D eigenvalue weighted by Crippen LogP contribution is 2.39. The zero-order chi connectivity index (χ0) is 24.2. The second-order valence-corrected chi connectivity index (χ2v) is 9.78. The number of benzene rings is 1. The van der Waals surface area contributed by atoms with E-state index >= 15 is 0 Å². The van der Waals surface area contributed by atoms with Gasteiger partial charge in [-0.2, -0.15) is 10.1 Å². The molecule has 3 N–H and O–H groups in total. The predicted octanol–water partition coefficient (Wildman–Crippen LogP) is 3.58. The zero-order valence-electron chi connectivity index (χ0n) is 18.9. The number of amides is 1. The third-order valence-electron chi connectivity index (χ3n) is 6.48. The number of nitrogens with zero attached hydrogens (tertiary/aromatic N) is 4. The molecular weight excluding hydrogens is 505 g/mol. The van der Waals surface area contributed by atoms with Crippen molar-refractivity contribution in [2.45, 2.75) is 39.2 Å². The molecule has 3 heterocycles. The Morgan fingerprint density at radius 3 is 2.88 bits per heavy atom. The molecule has 1 aliphatic rings. The SMILES string of the molecule is CNC(=O)[C@]1(C)CC[C@@H](Nc2ncc3c(Br)nn(-c4cc(F)c5[nH]c(C)cc(=O)c5c4)c3n2)C1. The minimum Gasteiger partial charge on any atom is -0.359 e. The van der Waals surface area contributed by atoms with E-state index in [1.165, 1.54) is 16.8 Å². The van der Waals surface area contributed by atoms with Gasteiger partial charge < -0.3 is 15.6 Å². The highest BCUT2D eigenvalue weighted by Gasteiger charge is 2.41. The van der Waals surface area contributed by atoms with E-state index in [1.54, 1.807) is 26.2 Å². The number of aromatic amines is 1. The number of nitrogens with one attached hydrogen (secondary N) is 3. The van der Waals surface area contributed by atoms with Crippen LogP contribution >= 0.6 is 15.9 Å². The molecule has 0 saturated heterocycles. The molecule has 5 rings (SSSR count). The maximum Gasteiger partial charge on any atom is 0.225 e. The third kappa shape index (κ3) is 3.73. The smallest absolute Gasteiger partial charge is 0.225 e. The summed E-state index contributed by atoms with van der Waals surface area (Å²) in [4.78, 5) is 36.7. The van der Waals surface area contributed by atoms with Crippen molar-refractivity contribution in [1.82, 2.24) is 30.0 Å². The molecule has 0 bridgehead atoms. The first-order chi connectivity index (χ1) is 16.2. The summed E-state index contributed by atoms with van der Waals surface area (Å²) in [5.74, 6) is -0.138. The standard InChI is InChI=1S/C23H23BrFN7O2/c1-11-6-17(33)14-7-13(8-16(25)18(14)28-11)32-20-15(19(24)31-32)10-27-22(30-20)29-12-4-5-23(2,9-12)21(34)26-3/h6-8,10,12H,4-5,9H2,1-3H3,(H,26,34)(H,28,33)(H,27,29,30)/t12-,23-/m1/s1. The highest BCUT2D eigenvalue weighted by molar-refractivity contribution is 9.10. The van der Waals surface area contributed by atoms with E-state index in [9.17, 15) is 14.0 Å². The highest BCUT2D eigenvalue weighted by atomic mass is 79.9. The van der Waals surface area contributed by atoms with Crippen molar-refractivity contribution in [3.8, 4) is 5.69 Å². The summed E-state index contributed by atoms with van der Waals surface area (Å²) in [6.07, 6.45) is 3.88. The van der Waals surface area contributed by atoms with Gasteiger partial charge in [0.25, 0.3) is 0 Å². The Kier molecular flexibility index (Phi) is 5.38. The number of anilines is 1. The number of aromatic nitrogens is 5. The second kappa shape index (κ2) is 8.15. The molecule has 0 spiro atoms. The zero-order valence-corrected chi connectivity index (χ0v) is 20.5. The minimum atomic E-state index is -0.556. The Balaban J connectivity index is 1.53. The van der Waals surface area contributed by atoms with E-state index in [0.717, 1.165) is 12.8 Å². The largest absolute Gasteiger partial charge is 0.359 e. The van der Waals surface area contributed by atoms with Crippen LogP contribution in [-0.4, -0.2) is 43.7 Å². The van der Waals surface area contributed by atoms with Crippen molar-refractivity contribution in [1.29, 1.82) is 0 Å². The second-order valence-electron chi connectivity index (χ2n) is 9.02. The van der Waals surface area contributed by atoms with Gasteiger partial charge in [0.15, 0.2) is 11.1 Å². The molecule has 0 aliphatic heterocycles. The van der Waals surface area contributed by atoms with Gasteiger partial charge in [0.1, 0.15) is 10.4 Å². The van der Waals surface area contributed by atoms with Crippen molar-refractivity contribution < 1.29 is 9.18 Å². The van der Waals surface area contributed by atoms with E-state index < -0.39 is 11.2 Å². The number of hydrogen-bond acceptors (Lipinski definition) is 6. The van der Waals surface area contributed by atoms with Crippen LogP contribution in [0.15, 0.2) is 33.8 Å². The molecule has 2 atom stereocenters. The number of carbonyl (C=O) groups is 1. The monoisotopic (exact) mass is 527 g/mol. The molecule has 34 heavy (non-hydrogen) atoms. The van der Waals surface area contributed by atoms with Crippen molar-refractivity contribution in [2.75, 3.05) is 12.4 Å². The Bertz CT molecular complexity index is 1520. The molecule has 0 radical (unpaired) electrons. The molecule has 4 aromatic rings. The first-order valence-corrected chi connectivity index (χ1v) is 11.7. The summed E-state index contributed by atoms with van der Waals surface area (Å²) in [7, 11) is 1.65. The number of pyridine rings is 1. The number of hydrogen-bond donors (Lipinski definition) is 3. The van der Waals surface area contributed by atoms with Crippen LogP contribution in [0.1, 0.15) is 31.9 Å². The van der Waals surface area contributed by atoms with Crippen molar-refractivity contribution in [2.24, 2.45) is 5.41 Å². The number of fused-ring (bicyclic) bond motifs is 2. The first-order valence-electron chi connectivity index (χ1n) is 10.9. The minimum absolute atomic E-state index is 0.0266. The van der Waals surface area contributed by atoms with Gasteiger partial charge in [-0.1, -0.05) is 6.92 Å². The molecule has 1 saturated carbocycles. The maximum atomic E-state index is 14.9. The normalized spacial score (nSPS) is 20.2. The Labute approximate surface area is 202 Å². The van der Waals surface area contributed by atoms with Crippen LogP contribution in [0.2, 0.25) is 0 Å². The lowest BCUT2D eigenvalue weighted by Crippen LogP contribution is -2.35. The van der Waals surface area contributed by atoms with Crippen LogP contribution in [-0.2, 0) is 4.79 Å². The van der Waals surface area contributed by atoms with Gasteiger partial charge in [0.05, 0.1) is 22.0 Å². The Hall–Kier alpha value is -3.34. The van der Waals surface area contributed by atoms with Crippen molar-refractivity contribution in [3.63, 3.8) is 0 Å². The average molecular weight is 528 g/mol. The fourth-order valence-electron chi connectivity index (χ4n) is 4.72. The molecule has 1 amide bonds. The molecule has 11 heteroatoms. The molecule has 0 unspecified atom stereocenters. The Morgan fingerprint density at radius 1 is 1.32 bits per heavy atom. The van der Waals surface area contributed by atoms with Gasteiger partial charge >= 0.3 is 0 Å². The number of H-pyrrole nitrogens is 1. The number of rotatable bonds is 4. The van der Waals surface area contributed by atoms with Crippen LogP contribution in [0, 0.1) is 18.2 Å². The summed E-state index contributed by atoms with van der Waals surface area (Å²) >= 11 is 3.42. The number of aryl methyl sites for hydroxylation is 1. The molecule has 1 fully saturated rings. The predicted molar refractivity (Wildman–Crippen MR) is 131 cm³/mol. The van der Waals surface area contributed by atoms with Crippen LogP contribution < -0.4 is 16.1 Å². The van der Waals surface area contributed by atoms with Crippen molar-refractivity contribution in [3.05, 3.63) is 50.7 Å². The summed E-state index contributed by atoms with van der Waals surface area (Å²) in [6.45, 7) is 3.67. The summed E-state index contributed by atoms with van der Waals surface area (Å²) in [6, 6.07) is 4.38. The van der Waals surface area contributed by atoms with Gasteiger partial charge in [0, 0.05) is 42.5 Å². The van der Waals surface area contributed by atoms with Crippen molar-refractivity contribution >= 4 is 49.7 Å². The summed E-state index contributed by atoms with van der Waals surface area (Å²) in [5, 5.41) is 11.4. The van der Waals surface area contributed by atoms with E-state index in [2.05, 4.69) is 46.6 Å². The van der Waals surface area contributed by atoms with E-state index in [1.807, 2.05) is 6.92 Å². The van der Waals surface area contributed by atoms with Crippen LogP contribution in [0.3, 0.4) is 0 Å². The lowest BCUT2D eigenvalue weighted by Gasteiger charge is -2.22. The third-order valence-corrected chi connectivity index (χ3v) is 7.07. The Morgan fingerprint density at radius 2 is 2.12 bits per heavy atom. The topological polar surface area (TPSA) is 118 Å². The van der Waals surface area contributed by atoms with E-state index in [-0.39, 0.29) is 28.3 Å². The summed E-state index contributed by atoms with van der Waals surface area (Å²) in [5.41, 5.74) is 0.849. The lowest BCUT2D eigenvalue weighted by atomic mass is 9.87. The van der Waals surface area contributed by atoms with Crippen LogP contribution in [0.4, 0.5) is 10.3 Å². The molecule has 176 valence electrons. The first kappa shape index (κ1) is 22.5. The molecule has 1 aromatic carbocycles. The lowest BCUT2D eigenvalue weighted by molar-refractivity contribution is -0.129. The van der Waals surface area contributed by atoms with Gasteiger partial charge in [-0.05, 0) is 48.2 Å². The molecule has 3 aromatic heterocycles. The van der Waals surface area contributed by atoms with Gasteiger partial charge in [0.2, 0.25) is 11.9 Å². The maximum absolute atomic E-state index is 14.9. The van der Waals surface area contributed by atoms with Gasteiger partial charge in [-0.15, -0.1) is 0 Å². The molecule has 9 nitrogen and oxygen atoms in total. The van der Waals surface area contributed by atoms with Gasteiger partial charge in [-0.25, -0.2) is 14.1 Å². The average Bonchev–Trinajstić information content (AvgIpc) is 3.34. The van der Waals surface area contributed by atoms with Crippen LogP contribution in [0.5, 0.6) is 0 Å². The fraction of sp³-hybridized carbons (Fsp3) is 0.348. The van der Waals surface area contributed by atoms with Crippen LogP contribution in [0.25, 0.3) is 27.6 Å². The summed E-state index contributed by atoms with van der Waals surface area (Å²) < 4.78 is 16.9. The number of carbonyl (C=O) groups excluding carboxylic acids is 1. The quantitative estimate of drug-likeness (QED) is 0.373. The van der Waals surface area contributed by atoms with E-state index in [4.69, 9.17) is 0 Å². The van der Waals surface area contributed by atoms with E-state index in [0.29, 0.717) is 39.4 Å². The number of halogens is 2. The van der Waals surface area contributed by atoms with Gasteiger partial charge in [-0.3, -0.25) is 9.59 Å².